The van der Waals surface area contributed by atoms with Crippen LogP contribution in [0.15, 0.2) is 6.07 Å². The van der Waals surface area contributed by atoms with Crippen LogP contribution in [0.4, 0.5) is 0 Å². The highest BCUT2D eigenvalue weighted by atomic mass is 35.5. The molecular weight excluding hydrogens is 276 g/mol. The Labute approximate surface area is 126 Å². The number of rotatable bonds is 4. The topological polar surface area (TPSA) is 72.9 Å². The third-order valence-corrected chi connectivity index (χ3v) is 3.61. The first-order chi connectivity index (χ1) is 8.79. The predicted molar refractivity (Wildman–Crippen MR) is 82.2 cm³/mol. The van der Waals surface area contributed by atoms with Gasteiger partial charge in [0.25, 0.3) is 5.91 Å². The molecule has 1 amide bonds. The molecule has 0 aromatic carbocycles. The van der Waals surface area contributed by atoms with Gasteiger partial charge >= 0.3 is 0 Å². The Bertz CT molecular complexity index is 474. The van der Waals surface area contributed by atoms with Crippen molar-refractivity contribution in [2.45, 2.75) is 45.1 Å². The van der Waals surface area contributed by atoms with E-state index >= 15 is 0 Å². The molecule has 0 saturated heterocycles. The van der Waals surface area contributed by atoms with Crippen molar-refractivity contribution >= 4 is 18.3 Å². The van der Waals surface area contributed by atoms with Gasteiger partial charge in [0, 0.05) is 25.0 Å². The van der Waals surface area contributed by atoms with E-state index in [0.29, 0.717) is 18.2 Å². The average Bonchev–Trinajstić information content (AvgIpc) is 3.07. The first-order valence-corrected chi connectivity index (χ1v) is 6.87. The highest BCUT2D eigenvalue weighted by molar-refractivity contribution is 5.92. The Morgan fingerprint density at radius 3 is 2.60 bits per heavy atom. The van der Waals surface area contributed by atoms with Gasteiger partial charge in [-0.25, -0.2) is 0 Å². The molecule has 1 atom stereocenters. The number of amides is 1. The Hall–Kier alpha value is -1.07. The summed E-state index contributed by atoms with van der Waals surface area (Å²) >= 11 is 0. The van der Waals surface area contributed by atoms with Gasteiger partial charge in [0.2, 0.25) is 0 Å². The highest BCUT2D eigenvalue weighted by Gasteiger charge is 2.29. The lowest BCUT2D eigenvalue weighted by atomic mass is 9.92. The molecule has 1 aromatic rings. The SMILES string of the molecule is Cl.Cn1nc(C(C)(C)C)cc1C(=O)NCC(N)C1CC1. The van der Waals surface area contributed by atoms with Crippen molar-refractivity contribution in [3.8, 4) is 0 Å². The zero-order valence-corrected chi connectivity index (χ0v) is 13.5. The average molecular weight is 301 g/mol. The molecule has 6 heteroatoms. The summed E-state index contributed by atoms with van der Waals surface area (Å²) in [5.41, 5.74) is 7.44. The van der Waals surface area contributed by atoms with Crippen molar-refractivity contribution in [1.29, 1.82) is 0 Å². The molecule has 1 aliphatic carbocycles. The van der Waals surface area contributed by atoms with Crippen molar-refractivity contribution in [3.63, 3.8) is 0 Å². The molecule has 1 saturated carbocycles. The smallest absolute Gasteiger partial charge is 0.269 e. The van der Waals surface area contributed by atoms with Gasteiger partial charge in [0.05, 0.1) is 5.69 Å². The number of aryl methyl sites for hydroxylation is 1. The van der Waals surface area contributed by atoms with Gasteiger partial charge in [-0.2, -0.15) is 5.10 Å². The second-order valence-electron chi connectivity index (χ2n) is 6.50. The summed E-state index contributed by atoms with van der Waals surface area (Å²) in [5.74, 6) is 0.499. The van der Waals surface area contributed by atoms with Crippen molar-refractivity contribution in [3.05, 3.63) is 17.5 Å². The Balaban J connectivity index is 0.00000200. The summed E-state index contributed by atoms with van der Waals surface area (Å²) in [7, 11) is 1.80. The number of nitrogens with two attached hydrogens (primary N) is 1. The molecule has 5 nitrogen and oxygen atoms in total. The van der Waals surface area contributed by atoms with Gasteiger partial charge in [-0.15, -0.1) is 12.4 Å². The molecule has 0 spiro atoms. The van der Waals surface area contributed by atoms with Crippen molar-refractivity contribution < 1.29 is 4.79 Å². The van der Waals surface area contributed by atoms with Gasteiger partial charge in [0.1, 0.15) is 5.69 Å². The molecular formula is C14H25ClN4O. The van der Waals surface area contributed by atoms with Gasteiger partial charge in [0.15, 0.2) is 0 Å². The zero-order valence-electron chi connectivity index (χ0n) is 12.6. The molecule has 1 unspecified atom stereocenters. The van der Waals surface area contributed by atoms with E-state index in [1.165, 1.54) is 12.8 Å². The van der Waals surface area contributed by atoms with E-state index in [0.717, 1.165) is 5.69 Å². The molecule has 1 aliphatic rings. The number of aromatic nitrogens is 2. The van der Waals surface area contributed by atoms with E-state index < -0.39 is 0 Å². The van der Waals surface area contributed by atoms with Crippen LogP contribution in [0.5, 0.6) is 0 Å². The summed E-state index contributed by atoms with van der Waals surface area (Å²) in [6.07, 6.45) is 2.38. The van der Waals surface area contributed by atoms with E-state index in [1.807, 2.05) is 6.07 Å². The first kappa shape index (κ1) is 17.0. The standard InChI is InChI=1S/C14H24N4O.ClH/c1-14(2,3)12-7-11(18(4)17-12)13(19)16-8-10(15)9-5-6-9;/h7,9-10H,5-6,8,15H2,1-4H3,(H,16,19);1H. The monoisotopic (exact) mass is 300 g/mol. The Morgan fingerprint density at radius 2 is 2.15 bits per heavy atom. The molecule has 1 fully saturated rings. The summed E-state index contributed by atoms with van der Waals surface area (Å²) in [5, 5.41) is 7.30. The summed E-state index contributed by atoms with van der Waals surface area (Å²) in [6, 6.07) is 1.94. The summed E-state index contributed by atoms with van der Waals surface area (Å²) < 4.78 is 1.64. The summed E-state index contributed by atoms with van der Waals surface area (Å²) in [6.45, 7) is 6.79. The fourth-order valence-corrected chi connectivity index (χ4v) is 2.04. The maximum atomic E-state index is 12.1. The lowest BCUT2D eigenvalue weighted by Gasteiger charge is -2.13. The molecule has 0 bridgehead atoms. The molecule has 2 rings (SSSR count). The third kappa shape index (κ3) is 3.96. The second-order valence-corrected chi connectivity index (χ2v) is 6.50. The fourth-order valence-electron chi connectivity index (χ4n) is 2.04. The minimum absolute atomic E-state index is 0. The van der Waals surface area contributed by atoms with Gasteiger partial charge in [-0.1, -0.05) is 20.8 Å². The maximum absolute atomic E-state index is 12.1. The zero-order chi connectivity index (χ0) is 14.2. The van der Waals surface area contributed by atoms with Crippen molar-refractivity contribution in [1.82, 2.24) is 15.1 Å². The molecule has 1 aromatic heterocycles. The van der Waals surface area contributed by atoms with E-state index in [1.54, 1.807) is 11.7 Å². The van der Waals surface area contributed by atoms with E-state index in [-0.39, 0.29) is 29.8 Å². The van der Waals surface area contributed by atoms with Crippen molar-refractivity contribution in [2.75, 3.05) is 6.54 Å². The summed E-state index contributed by atoms with van der Waals surface area (Å²) in [4.78, 5) is 12.1. The number of hydrogen-bond acceptors (Lipinski definition) is 3. The number of carbonyl (C=O) groups is 1. The Kier molecular flexibility index (Phi) is 5.21. The highest BCUT2D eigenvalue weighted by Crippen LogP contribution is 2.31. The van der Waals surface area contributed by atoms with E-state index in [4.69, 9.17) is 5.73 Å². The van der Waals surface area contributed by atoms with Gasteiger partial charge in [-0.05, 0) is 24.8 Å². The minimum Gasteiger partial charge on any atom is -0.349 e. The van der Waals surface area contributed by atoms with Gasteiger partial charge < -0.3 is 11.1 Å². The quantitative estimate of drug-likeness (QED) is 0.887. The number of carbonyl (C=O) groups excluding carboxylic acids is 1. The number of halogens is 1. The predicted octanol–water partition coefficient (Wildman–Crippen LogP) is 1.61. The maximum Gasteiger partial charge on any atom is 0.269 e. The lowest BCUT2D eigenvalue weighted by molar-refractivity contribution is 0.0941. The Morgan fingerprint density at radius 1 is 1.55 bits per heavy atom. The van der Waals surface area contributed by atoms with Crippen molar-refractivity contribution in [2.24, 2.45) is 18.7 Å². The van der Waals surface area contributed by atoms with E-state index in [2.05, 4.69) is 31.2 Å². The number of hydrogen-bond donors (Lipinski definition) is 2. The van der Waals surface area contributed by atoms with Crippen LogP contribution in [-0.4, -0.2) is 28.3 Å². The number of nitrogens with one attached hydrogen (secondary N) is 1. The van der Waals surface area contributed by atoms with Crippen LogP contribution in [0.1, 0.15) is 49.8 Å². The minimum atomic E-state index is -0.0957. The van der Waals surface area contributed by atoms with Crippen LogP contribution in [0.25, 0.3) is 0 Å². The van der Waals surface area contributed by atoms with Crippen LogP contribution >= 0.6 is 12.4 Å². The fraction of sp³-hybridized carbons (Fsp3) is 0.714. The van der Waals surface area contributed by atoms with E-state index in [9.17, 15) is 4.79 Å². The largest absolute Gasteiger partial charge is 0.349 e. The normalized spacial score (nSPS) is 16.4. The van der Waals surface area contributed by atoms with Crippen LogP contribution in [-0.2, 0) is 12.5 Å². The molecule has 0 aliphatic heterocycles. The van der Waals surface area contributed by atoms with Crippen LogP contribution < -0.4 is 11.1 Å². The first-order valence-electron chi connectivity index (χ1n) is 6.87. The molecule has 3 N–H and O–H groups in total. The third-order valence-electron chi connectivity index (χ3n) is 3.61. The second kappa shape index (κ2) is 6.14. The molecule has 114 valence electrons. The van der Waals surface area contributed by atoms with Gasteiger partial charge in [-0.3, -0.25) is 9.48 Å². The molecule has 1 heterocycles. The van der Waals surface area contributed by atoms with Crippen LogP contribution in [0.3, 0.4) is 0 Å². The van der Waals surface area contributed by atoms with Crippen LogP contribution in [0, 0.1) is 5.92 Å². The molecule has 20 heavy (non-hydrogen) atoms. The lowest BCUT2D eigenvalue weighted by Crippen LogP contribution is -2.39. The van der Waals surface area contributed by atoms with Crippen LogP contribution in [0.2, 0.25) is 0 Å². The molecule has 0 radical (unpaired) electrons. The number of nitrogens with zero attached hydrogens (tertiary/aromatic N) is 2.